The predicted molar refractivity (Wildman–Crippen MR) is 61.4 cm³/mol. The number of aliphatic carboxylic acids is 1. The molecule has 6 nitrogen and oxygen atoms in total. The average molecular weight is 257 g/mol. The summed E-state index contributed by atoms with van der Waals surface area (Å²) in [6, 6.07) is 8.31. The van der Waals surface area contributed by atoms with Crippen molar-refractivity contribution in [2.45, 2.75) is 0 Å². The molecular formula is C10H11NO5S. The van der Waals surface area contributed by atoms with Gasteiger partial charge in [-0.25, -0.2) is 8.42 Å². The van der Waals surface area contributed by atoms with Gasteiger partial charge in [0, 0.05) is 5.69 Å². The van der Waals surface area contributed by atoms with Crippen LogP contribution < -0.4 is 5.32 Å². The van der Waals surface area contributed by atoms with Crippen molar-refractivity contribution >= 4 is 27.4 Å². The number of rotatable bonds is 5. The second-order valence-electron chi connectivity index (χ2n) is 3.34. The van der Waals surface area contributed by atoms with E-state index in [-0.39, 0.29) is 0 Å². The minimum Gasteiger partial charge on any atom is -0.480 e. The smallest absolute Gasteiger partial charge is 0.318 e. The Labute approximate surface area is 98.2 Å². The fourth-order valence-electron chi connectivity index (χ4n) is 1.16. The monoisotopic (exact) mass is 257 g/mol. The normalized spacial score (nSPS) is 10.8. The van der Waals surface area contributed by atoms with E-state index in [1.54, 1.807) is 30.3 Å². The number of amides is 1. The molecule has 0 aliphatic carbocycles. The molecular weight excluding hydrogens is 246 g/mol. The number of hydrogen-bond acceptors (Lipinski definition) is 4. The molecule has 0 spiro atoms. The first-order chi connectivity index (χ1) is 7.89. The molecule has 92 valence electrons. The number of carboxylic acids is 1. The molecule has 0 aliphatic rings. The molecule has 0 fully saturated rings. The van der Waals surface area contributed by atoms with Gasteiger partial charge in [0.25, 0.3) is 0 Å². The second-order valence-corrected chi connectivity index (χ2v) is 5.40. The first-order valence-electron chi connectivity index (χ1n) is 4.66. The number of para-hydroxylation sites is 1. The zero-order chi connectivity index (χ0) is 12.9. The number of carbonyl (C=O) groups is 2. The highest BCUT2D eigenvalue weighted by molar-refractivity contribution is 7.92. The molecule has 2 N–H and O–H groups in total. The number of benzene rings is 1. The third-order valence-electron chi connectivity index (χ3n) is 1.75. The Balaban J connectivity index is 2.59. The minimum absolute atomic E-state index is 0.461. The van der Waals surface area contributed by atoms with Crippen LogP contribution in [0.25, 0.3) is 0 Å². The zero-order valence-corrected chi connectivity index (χ0v) is 9.61. The Morgan fingerprint density at radius 2 is 1.71 bits per heavy atom. The van der Waals surface area contributed by atoms with Gasteiger partial charge < -0.3 is 10.4 Å². The molecule has 0 aromatic heterocycles. The molecule has 0 saturated carbocycles. The number of anilines is 1. The summed E-state index contributed by atoms with van der Waals surface area (Å²) < 4.78 is 22.4. The van der Waals surface area contributed by atoms with Crippen molar-refractivity contribution < 1.29 is 23.1 Å². The van der Waals surface area contributed by atoms with Crippen molar-refractivity contribution in [3.8, 4) is 0 Å². The van der Waals surface area contributed by atoms with Crippen LogP contribution in [-0.2, 0) is 19.4 Å². The molecule has 1 rings (SSSR count). The van der Waals surface area contributed by atoms with Gasteiger partial charge in [-0.1, -0.05) is 18.2 Å². The number of carbonyl (C=O) groups excluding carboxylic acids is 1. The molecule has 0 saturated heterocycles. The van der Waals surface area contributed by atoms with Gasteiger partial charge in [-0.2, -0.15) is 0 Å². The number of sulfone groups is 1. The number of carboxylic acid groups (broad SMARTS) is 1. The van der Waals surface area contributed by atoms with Crippen molar-refractivity contribution in [3.63, 3.8) is 0 Å². The van der Waals surface area contributed by atoms with E-state index < -0.39 is 33.2 Å². The van der Waals surface area contributed by atoms with Gasteiger partial charge in [0.2, 0.25) is 5.91 Å². The van der Waals surface area contributed by atoms with E-state index >= 15 is 0 Å². The molecule has 17 heavy (non-hydrogen) atoms. The van der Waals surface area contributed by atoms with E-state index in [4.69, 9.17) is 5.11 Å². The Hall–Kier alpha value is -1.89. The van der Waals surface area contributed by atoms with Crippen LogP contribution in [0.5, 0.6) is 0 Å². The molecule has 0 radical (unpaired) electrons. The van der Waals surface area contributed by atoms with Crippen molar-refractivity contribution in [1.82, 2.24) is 0 Å². The van der Waals surface area contributed by atoms with Crippen LogP contribution in [0, 0.1) is 0 Å². The maximum atomic E-state index is 11.3. The van der Waals surface area contributed by atoms with E-state index in [1.165, 1.54) is 0 Å². The second kappa shape index (κ2) is 5.44. The van der Waals surface area contributed by atoms with E-state index in [1.807, 2.05) is 0 Å². The Kier molecular flexibility index (Phi) is 4.22. The lowest BCUT2D eigenvalue weighted by molar-refractivity contribution is -0.134. The van der Waals surface area contributed by atoms with Crippen LogP contribution in [-0.4, -0.2) is 36.9 Å². The lowest BCUT2D eigenvalue weighted by Gasteiger charge is -2.04. The quantitative estimate of drug-likeness (QED) is 0.780. The summed E-state index contributed by atoms with van der Waals surface area (Å²) in [4.78, 5) is 21.6. The third kappa shape index (κ3) is 5.12. The van der Waals surface area contributed by atoms with Crippen LogP contribution >= 0.6 is 0 Å². The lowest BCUT2D eigenvalue weighted by atomic mass is 10.3. The maximum absolute atomic E-state index is 11.3. The summed E-state index contributed by atoms with van der Waals surface area (Å²) in [6.45, 7) is 0. The first-order valence-corrected chi connectivity index (χ1v) is 6.48. The van der Waals surface area contributed by atoms with Gasteiger partial charge >= 0.3 is 5.97 Å². The van der Waals surface area contributed by atoms with Crippen molar-refractivity contribution in [3.05, 3.63) is 30.3 Å². The maximum Gasteiger partial charge on any atom is 0.318 e. The SMILES string of the molecule is O=C(O)CS(=O)(=O)CC(=O)Nc1ccccc1. The van der Waals surface area contributed by atoms with Crippen LogP contribution in [0.4, 0.5) is 5.69 Å². The molecule has 7 heteroatoms. The highest BCUT2D eigenvalue weighted by atomic mass is 32.2. The van der Waals surface area contributed by atoms with Gasteiger partial charge in [0.05, 0.1) is 0 Å². The number of nitrogens with one attached hydrogen (secondary N) is 1. The summed E-state index contributed by atoms with van der Waals surface area (Å²) in [5.74, 6) is -4.11. The van der Waals surface area contributed by atoms with Gasteiger partial charge in [0.1, 0.15) is 11.5 Å². The highest BCUT2D eigenvalue weighted by Gasteiger charge is 2.20. The number of hydrogen-bond donors (Lipinski definition) is 2. The summed E-state index contributed by atoms with van der Waals surface area (Å²) >= 11 is 0. The molecule has 0 heterocycles. The molecule has 0 aliphatic heterocycles. The molecule has 0 atom stereocenters. The van der Waals surface area contributed by atoms with Crippen LogP contribution in [0.2, 0.25) is 0 Å². The molecule has 1 amide bonds. The third-order valence-corrected chi connectivity index (χ3v) is 3.14. The topological polar surface area (TPSA) is 101 Å². The first kappa shape index (κ1) is 13.2. The van der Waals surface area contributed by atoms with Crippen LogP contribution in [0.15, 0.2) is 30.3 Å². The lowest BCUT2D eigenvalue weighted by Crippen LogP contribution is -2.27. The molecule has 1 aromatic rings. The van der Waals surface area contributed by atoms with Gasteiger partial charge in [-0.15, -0.1) is 0 Å². The van der Waals surface area contributed by atoms with Crippen LogP contribution in [0.1, 0.15) is 0 Å². The van der Waals surface area contributed by atoms with E-state index in [9.17, 15) is 18.0 Å². The summed E-state index contributed by atoms with van der Waals surface area (Å²) in [7, 11) is -3.91. The minimum atomic E-state index is -3.91. The van der Waals surface area contributed by atoms with Crippen molar-refractivity contribution in [2.75, 3.05) is 16.8 Å². The van der Waals surface area contributed by atoms with Crippen molar-refractivity contribution in [1.29, 1.82) is 0 Å². The largest absolute Gasteiger partial charge is 0.480 e. The van der Waals surface area contributed by atoms with E-state index in [0.29, 0.717) is 5.69 Å². The summed E-state index contributed by atoms with van der Waals surface area (Å²) in [5.41, 5.74) is 0.461. The Bertz CT molecular complexity index is 509. The van der Waals surface area contributed by atoms with Gasteiger partial charge in [-0.3, -0.25) is 9.59 Å². The summed E-state index contributed by atoms with van der Waals surface area (Å²) in [5, 5.41) is 10.7. The summed E-state index contributed by atoms with van der Waals surface area (Å²) in [6.07, 6.45) is 0. The van der Waals surface area contributed by atoms with E-state index in [0.717, 1.165) is 0 Å². The molecule has 1 aromatic carbocycles. The van der Waals surface area contributed by atoms with Crippen molar-refractivity contribution in [2.24, 2.45) is 0 Å². The van der Waals surface area contributed by atoms with Crippen LogP contribution in [0.3, 0.4) is 0 Å². The standard InChI is InChI=1S/C10H11NO5S/c12-9(6-17(15,16)7-10(13)14)11-8-4-2-1-3-5-8/h1-5H,6-7H2,(H,11,12)(H,13,14). The fraction of sp³-hybridized carbons (Fsp3) is 0.200. The predicted octanol–water partition coefficient (Wildman–Crippen LogP) is 0.125. The molecule has 0 bridgehead atoms. The van der Waals surface area contributed by atoms with Gasteiger partial charge in [0.15, 0.2) is 9.84 Å². The molecule has 0 unspecified atom stereocenters. The fourth-order valence-corrected chi connectivity index (χ4v) is 2.11. The Morgan fingerprint density at radius 1 is 1.12 bits per heavy atom. The van der Waals surface area contributed by atoms with E-state index in [2.05, 4.69) is 5.32 Å². The zero-order valence-electron chi connectivity index (χ0n) is 8.79. The average Bonchev–Trinajstić information content (AvgIpc) is 2.15. The van der Waals surface area contributed by atoms with Gasteiger partial charge in [-0.05, 0) is 12.1 Å². The Morgan fingerprint density at radius 3 is 2.24 bits per heavy atom. The highest BCUT2D eigenvalue weighted by Crippen LogP contribution is 2.05.